The monoisotopic (exact) mass is 261 g/mol. The molecule has 1 heterocycles. The summed E-state index contributed by atoms with van der Waals surface area (Å²) < 4.78 is 1.80. The molecule has 2 aromatic rings. The summed E-state index contributed by atoms with van der Waals surface area (Å²) in [4.78, 5) is 18.0. The minimum absolute atomic E-state index is 0.636. The molecule has 0 spiro atoms. The first-order chi connectivity index (χ1) is 9.10. The average Bonchev–Trinajstić information content (AvgIpc) is 2.78. The van der Waals surface area contributed by atoms with Crippen LogP contribution in [0, 0.1) is 0 Å². The van der Waals surface area contributed by atoms with E-state index in [4.69, 9.17) is 0 Å². The molecule has 0 saturated heterocycles. The fourth-order valence-corrected chi connectivity index (χ4v) is 2.25. The number of para-hydroxylation sites is 2. The van der Waals surface area contributed by atoms with E-state index in [1.807, 2.05) is 38.1 Å². The molecule has 1 atom stereocenters. The van der Waals surface area contributed by atoms with Crippen LogP contribution in [0.15, 0.2) is 24.3 Å². The lowest BCUT2D eigenvalue weighted by atomic mass is 10.3. The zero-order valence-corrected chi connectivity index (χ0v) is 11.5. The molecule has 0 bridgehead atoms. The van der Waals surface area contributed by atoms with E-state index in [9.17, 15) is 9.90 Å². The van der Waals surface area contributed by atoms with Gasteiger partial charge in [0.25, 0.3) is 0 Å². The van der Waals surface area contributed by atoms with E-state index in [0.717, 1.165) is 30.1 Å². The fraction of sp³-hybridized carbons (Fsp3) is 0.429. The molecule has 5 heteroatoms. The van der Waals surface area contributed by atoms with Crippen LogP contribution in [0.2, 0.25) is 0 Å². The van der Waals surface area contributed by atoms with Gasteiger partial charge in [-0.05, 0) is 32.9 Å². The summed E-state index contributed by atoms with van der Waals surface area (Å²) in [6.45, 7) is 7.36. The number of hydrogen-bond acceptors (Lipinski definition) is 3. The van der Waals surface area contributed by atoms with Gasteiger partial charge < -0.3 is 10.0 Å². The molecule has 1 aromatic heterocycles. The van der Waals surface area contributed by atoms with E-state index >= 15 is 0 Å². The lowest BCUT2D eigenvalue weighted by molar-refractivity contribution is -0.140. The summed E-state index contributed by atoms with van der Waals surface area (Å²) >= 11 is 0. The number of carbonyl (C=O) groups is 1. The maximum Gasteiger partial charge on any atom is 0.326 e. The van der Waals surface area contributed by atoms with Crippen molar-refractivity contribution >= 4 is 23.0 Å². The number of carboxylic acids is 1. The van der Waals surface area contributed by atoms with Crippen molar-refractivity contribution in [2.24, 2.45) is 0 Å². The molecule has 0 amide bonds. The largest absolute Gasteiger partial charge is 0.480 e. The molecule has 1 unspecified atom stereocenters. The molecular formula is C14H19N3O2. The van der Waals surface area contributed by atoms with E-state index in [-0.39, 0.29) is 0 Å². The molecule has 1 aromatic carbocycles. The van der Waals surface area contributed by atoms with Crippen LogP contribution in [-0.4, -0.2) is 33.7 Å². The number of hydrogen-bond donors (Lipinski definition) is 1. The van der Waals surface area contributed by atoms with Crippen molar-refractivity contribution in [3.05, 3.63) is 24.3 Å². The number of rotatable bonds is 5. The van der Waals surface area contributed by atoms with E-state index in [2.05, 4.69) is 9.88 Å². The smallest absolute Gasteiger partial charge is 0.326 e. The van der Waals surface area contributed by atoms with Crippen LogP contribution in [0.25, 0.3) is 11.0 Å². The second kappa shape index (κ2) is 5.30. The molecule has 19 heavy (non-hydrogen) atoms. The lowest BCUT2D eigenvalue weighted by Gasteiger charge is -2.23. The van der Waals surface area contributed by atoms with Crippen LogP contribution in [0.1, 0.15) is 26.8 Å². The van der Waals surface area contributed by atoms with Gasteiger partial charge in [0.05, 0.1) is 11.0 Å². The summed E-state index contributed by atoms with van der Waals surface area (Å²) in [5.74, 6) is -0.127. The van der Waals surface area contributed by atoms with Crippen molar-refractivity contribution in [3.8, 4) is 0 Å². The van der Waals surface area contributed by atoms with E-state index < -0.39 is 12.0 Å². The standard InChI is InChI=1S/C14H19N3O2/c1-4-16(5-2)14-15-11-8-6-7-9-12(11)17(14)10(3)13(18)19/h6-10H,4-5H2,1-3H3,(H,18,19). The summed E-state index contributed by atoms with van der Waals surface area (Å²) in [5.41, 5.74) is 1.69. The molecule has 102 valence electrons. The van der Waals surface area contributed by atoms with Crippen molar-refractivity contribution in [1.29, 1.82) is 0 Å². The molecule has 0 aliphatic rings. The first-order valence-electron chi connectivity index (χ1n) is 6.54. The summed E-state index contributed by atoms with van der Waals surface area (Å²) in [7, 11) is 0. The third-order valence-corrected chi connectivity index (χ3v) is 3.37. The van der Waals surface area contributed by atoms with Gasteiger partial charge in [0.1, 0.15) is 6.04 Å². The summed E-state index contributed by atoms with van der Waals surface area (Å²) in [6, 6.07) is 7.00. The van der Waals surface area contributed by atoms with Crippen LogP contribution in [0.3, 0.4) is 0 Å². The first-order valence-corrected chi connectivity index (χ1v) is 6.54. The molecule has 0 radical (unpaired) electrons. The molecule has 0 aliphatic heterocycles. The Bertz CT molecular complexity index is 587. The predicted molar refractivity (Wildman–Crippen MR) is 75.6 cm³/mol. The zero-order chi connectivity index (χ0) is 14.0. The number of aromatic nitrogens is 2. The molecule has 5 nitrogen and oxygen atoms in total. The molecule has 0 aliphatic carbocycles. The molecule has 0 fully saturated rings. The number of anilines is 1. The van der Waals surface area contributed by atoms with Gasteiger partial charge in [0.15, 0.2) is 0 Å². The normalized spacial score (nSPS) is 12.6. The Morgan fingerprint density at radius 3 is 2.58 bits per heavy atom. The average molecular weight is 261 g/mol. The third kappa shape index (κ3) is 2.28. The second-order valence-corrected chi connectivity index (χ2v) is 4.46. The lowest BCUT2D eigenvalue weighted by Crippen LogP contribution is -2.28. The van der Waals surface area contributed by atoms with E-state index in [1.165, 1.54) is 0 Å². The number of imidazole rings is 1. The van der Waals surface area contributed by atoms with E-state index in [0.29, 0.717) is 0 Å². The number of benzene rings is 1. The number of fused-ring (bicyclic) bond motifs is 1. The Morgan fingerprint density at radius 1 is 1.37 bits per heavy atom. The Morgan fingerprint density at radius 2 is 2.00 bits per heavy atom. The van der Waals surface area contributed by atoms with Crippen molar-refractivity contribution in [1.82, 2.24) is 9.55 Å². The van der Waals surface area contributed by atoms with Crippen molar-refractivity contribution in [2.45, 2.75) is 26.8 Å². The fourth-order valence-electron chi connectivity index (χ4n) is 2.25. The summed E-state index contributed by atoms with van der Waals surface area (Å²) in [6.07, 6.45) is 0. The van der Waals surface area contributed by atoms with Crippen molar-refractivity contribution < 1.29 is 9.90 Å². The zero-order valence-electron chi connectivity index (χ0n) is 11.5. The quantitative estimate of drug-likeness (QED) is 0.898. The topological polar surface area (TPSA) is 58.4 Å². The van der Waals surface area contributed by atoms with Crippen molar-refractivity contribution in [3.63, 3.8) is 0 Å². The third-order valence-electron chi connectivity index (χ3n) is 3.37. The molecular weight excluding hydrogens is 242 g/mol. The molecule has 2 rings (SSSR count). The Hall–Kier alpha value is -2.04. The van der Waals surface area contributed by atoms with Gasteiger partial charge in [0, 0.05) is 13.1 Å². The Kier molecular flexibility index (Phi) is 3.74. The summed E-state index contributed by atoms with van der Waals surface area (Å²) in [5, 5.41) is 9.30. The predicted octanol–water partition coefficient (Wildman–Crippen LogP) is 2.53. The Balaban J connectivity index is 2.68. The minimum Gasteiger partial charge on any atom is -0.480 e. The maximum atomic E-state index is 11.3. The van der Waals surface area contributed by atoms with Gasteiger partial charge >= 0.3 is 5.97 Å². The molecule has 1 N–H and O–H groups in total. The highest BCUT2D eigenvalue weighted by molar-refractivity contribution is 5.82. The number of carboxylic acid groups (broad SMARTS) is 1. The van der Waals surface area contributed by atoms with Crippen molar-refractivity contribution in [2.75, 3.05) is 18.0 Å². The Labute approximate surface area is 112 Å². The van der Waals surface area contributed by atoms with Crippen LogP contribution in [0.4, 0.5) is 5.95 Å². The van der Waals surface area contributed by atoms with Gasteiger partial charge in [-0.25, -0.2) is 9.78 Å². The first kappa shape index (κ1) is 13.4. The highest BCUT2D eigenvalue weighted by Gasteiger charge is 2.22. The van der Waals surface area contributed by atoms with Gasteiger partial charge in [0.2, 0.25) is 5.95 Å². The van der Waals surface area contributed by atoms with Gasteiger partial charge in [-0.1, -0.05) is 12.1 Å². The van der Waals surface area contributed by atoms with Gasteiger partial charge in [-0.2, -0.15) is 0 Å². The number of aliphatic carboxylic acids is 1. The van der Waals surface area contributed by atoms with E-state index in [1.54, 1.807) is 11.5 Å². The highest BCUT2D eigenvalue weighted by atomic mass is 16.4. The second-order valence-electron chi connectivity index (χ2n) is 4.46. The SMILES string of the molecule is CCN(CC)c1nc2ccccc2n1C(C)C(=O)O. The van der Waals surface area contributed by atoms with Crippen LogP contribution < -0.4 is 4.90 Å². The van der Waals surface area contributed by atoms with Gasteiger partial charge in [-0.15, -0.1) is 0 Å². The van der Waals surface area contributed by atoms with Gasteiger partial charge in [-0.3, -0.25) is 4.57 Å². The molecule has 0 saturated carbocycles. The number of nitrogens with zero attached hydrogens (tertiary/aromatic N) is 3. The highest BCUT2D eigenvalue weighted by Crippen LogP contribution is 2.26. The van der Waals surface area contributed by atoms with Crippen LogP contribution in [-0.2, 0) is 4.79 Å². The maximum absolute atomic E-state index is 11.3. The van der Waals surface area contributed by atoms with Crippen LogP contribution >= 0.6 is 0 Å². The van der Waals surface area contributed by atoms with Crippen LogP contribution in [0.5, 0.6) is 0 Å². The minimum atomic E-state index is -0.850.